The van der Waals surface area contributed by atoms with Gasteiger partial charge in [0, 0.05) is 12.1 Å². The Morgan fingerprint density at radius 2 is 1.86 bits per heavy atom. The third kappa shape index (κ3) is 9.54. The number of aromatic nitrogens is 1. The number of ether oxygens (including phenoxy) is 1. The van der Waals surface area contributed by atoms with Crippen molar-refractivity contribution < 1.29 is 14.1 Å². The van der Waals surface area contributed by atoms with Crippen LogP contribution in [0.5, 0.6) is 0 Å². The predicted octanol–water partition coefficient (Wildman–Crippen LogP) is 4.46. The van der Waals surface area contributed by atoms with E-state index in [0.29, 0.717) is 25.5 Å². The van der Waals surface area contributed by atoms with Crippen molar-refractivity contribution in [2.24, 2.45) is 5.92 Å². The van der Waals surface area contributed by atoms with Gasteiger partial charge in [-0.1, -0.05) is 47.0 Å². The number of carbonyl (C=O) groups excluding carboxylic acids is 1. The van der Waals surface area contributed by atoms with Crippen molar-refractivity contribution in [1.82, 2.24) is 0 Å². The molecule has 3 nitrogen and oxygen atoms in total. The summed E-state index contributed by atoms with van der Waals surface area (Å²) in [4.78, 5) is 11.7. The molecule has 0 fully saturated rings. The van der Waals surface area contributed by atoms with E-state index >= 15 is 0 Å². The van der Waals surface area contributed by atoms with Crippen molar-refractivity contribution in [2.75, 3.05) is 6.61 Å². The fourth-order valence-corrected chi connectivity index (χ4v) is 2.08. The summed E-state index contributed by atoms with van der Waals surface area (Å²) in [7, 11) is 0. The second-order valence-electron chi connectivity index (χ2n) is 5.46. The summed E-state index contributed by atoms with van der Waals surface area (Å²) in [5, 5.41) is 0. The molecule has 0 N–H and O–H groups in total. The number of hydrogen-bond donors (Lipinski definition) is 0. The van der Waals surface area contributed by atoms with Crippen LogP contribution in [0.4, 0.5) is 0 Å². The lowest BCUT2D eigenvalue weighted by molar-refractivity contribution is -0.696. The van der Waals surface area contributed by atoms with E-state index < -0.39 is 0 Å². The van der Waals surface area contributed by atoms with Crippen molar-refractivity contribution in [3.05, 3.63) is 30.1 Å². The molecule has 1 unspecified atom stereocenters. The van der Waals surface area contributed by atoms with Crippen LogP contribution in [-0.4, -0.2) is 12.6 Å². The highest BCUT2D eigenvalue weighted by Gasteiger charge is 2.11. The highest BCUT2D eigenvalue weighted by molar-refractivity contribution is 5.69. The lowest BCUT2D eigenvalue weighted by Gasteiger charge is -2.14. The van der Waals surface area contributed by atoms with Crippen LogP contribution in [0.3, 0.4) is 0 Å². The zero-order valence-corrected chi connectivity index (χ0v) is 15.1. The average Bonchev–Trinajstić information content (AvgIpc) is 2.56. The summed E-state index contributed by atoms with van der Waals surface area (Å²) in [5.41, 5.74) is 1.23. The first kappa shape index (κ1) is 20.6. The molecule has 1 atom stereocenters. The lowest BCUT2D eigenvalue weighted by atomic mass is 10.0. The Kier molecular flexibility index (Phi) is 12.5. The lowest BCUT2D eigenvalue weighted by Crippen LogP contribution is -2.34. The molecule has 1 heterocycles. The molecule has 0 aliphatic heterocycles. The summed E-state index contributed by atoms with van der Waals surface area (Å²) in [6, 6.07) is 4.09. The quantitative estimate of drug-likeness (QED) is 0.498. The Balaban J connectivity index is 0.00000211. The Morgan fingerprint density at radius 1 is 1.23 bits per heavy atom. The van der Waals surface area contributed by atoms with Crippen LogP contribution < -0.4 is 4.57 Å². The van der Waals surface area contributed by atoms with Crippen LogP contribution in [-0.2, 0) is 16.1 Å². The van der Waals surface area contributed by atoms with Gasteiger partial charge in [-0.05, 0) is 24.8 Å². The average molecular weight is 308 g/mol. The van der Waals surface area contributed by atoms with E-state index in [1.54, 1.807) is 0 Å². The normalized spacial score (nSPS) is 11.3. The highest BCUT2D eigenvalue weighted by Crippen LogP contribution is 2.13. The van der Waals surface area contributed by atoms with Crippen LogP contribution in [0.25, 0.3) is 0 Å². The van der Waals surface area contributed by atoms with Gasteiger partial charge in [0.25, 0.3) is 0 Å². The smallest absolute Gasteiger partial charge is 0.312 e. The van der Waals surface area contributed by atoms with E-state index in [1.165, 1.54) is 18.4 Å². The summed E-state index contributed by atoms with van der Waals surface area (Å²) < 4.78 is 7.40. The number of unbranched alkanes of at least 4 members (excludes halogenated alkanes) is 1. The maximum atomic E-state index is 11.7. The SMILES string of the molecule is CC.CCCCC(CC)COC(=O)CC[n+]1ccc(C)cc1. The molecule has 1 aromatic heterocycles. The Morgan fingerprint density at radius 3 is 2.41 bits per heavy atom. The molecule has 1 aromatic rings. The highest BCUT2D eigenvalue weighted by atomic mass is 16.5. The summed E-state index contributed by atoms with van der Waals surface area (Å²) in [6.07, 6.45) is 9.10. The van der Waals surface area contributed by atoms with Crippen LogP contribution in [0.2, 0.25) is 0 Å². The monoisotopic (exact) mass is 308 g/mol. The second kappa shape index (κ2) is 13.3. The van der Waals surface area contributed by atoms with Gasteiger partial charge in [-0.15, -0.1) is 0 Å². The van der Waals surface area contributed by atoms with E-state index in [0.717, 1.165) is 12.8 Å². The number of rotatable bonds is 9. The molecule has 0 aliphatic carbocycles. The van der Waals surface area contributed by atoms with Gasteiger partial charge in [0.05, 0.1) is 6.61 Å². The maximum Gasteiger partial charge on any atom is 0.312 e. The van der Waals surface area contributed by atoms with Gasteiger partial charge in [-0.3, -0.25) is 4.79 Å². The maximum absolute atomic E-state index is 11.7. The first-order valence-electron chi connectivity index (χ1n) is 8.77. The molecule has 0 saturated carbocycles. The van der Waals surface area contributed by atoms with Gasteiger partial charge in [0.1, 0.15) is 6.42 Å². The molecule has 0 bridgehead atoms. The van der Waals surface area contributed by atoms with E-state index in [1.807, 2.05) is 42.9 Å². The number of esters is 1. The molecule has 0 spiro atoms. The first-order valence-corrected chi connectivity index (χ1v) is 8.77. The van der Waals surface area contributed by atoms with Gasteiger partial charge < -0.3 is 4.74 Å². The van der Waals surface area contributed by atoms with Crippen LogP contribution in [0, 0.1) is 12.8 Å². The third-order valence-corrected chi connectivity index (χ3v) is 3.66. The Bertz CT molecular complexity index is 387. The predicted molar refractivity (Wildman–Crippen MR) is 91.6 cm³/mol. The minimum Gasteiger partial charge on any atom is -0.465 e. The zero-order chi connectivity index (χ0) is 16.8. The largest absolute Gasteiger partial charge is 0.465 e. The number of aryl methyl sites for hydroxylation is 2. The molecule has 0 saturated heterocycles. The molecule has 1 rings (SSSR count). The minimum atomic E-state index is -0.0898. The standard InChI is InChI=1S/C17H28NO2.C2H6/c1-4-6-7-16(5-2)14-20-17(19)10-13-18-11-8-15(3)9-12-18;1-2/h8-9,11-12,16H,4-7,10,13-14H2,1-3H3;1-2H3/q+1;. The van der Waals surface area contributed by atoms with Gasteiger partial charge in [0.2, 0.25) is 0 Å². The molecular weight excluding hydrogens is 274 g/mol. The molecule has 22 heavy (non-hydrogen) atoms. The van der Waals surface area contributed by atoms with Crippen LogP contribution in [0.1, 0.15) is 65.4 Å². The van der Waals surface area contributed by atoms with Crippen molar-refractivity contribution in [1.29, 1.82) is 0 Å². The fourth-order valence-electron chi connectivity index (χ4n) is 2.08. The number of nitrogens with zero attached hydrogens (tertiary/aromatic N) is 1. The molecular formula is C19H34NO2+. The summed E-state index contributed by atoms with van der Waals surface area (Å²) >= 11 is 0. The summed E-state index contributed by atoms with van der Waals surface area (Å²) in [6.45, 7) is 11.7. The number of carbonyl (C=O) groups is 1. The zero-order valence-electron chi connectivity index (χ0n) is 15.1. The molecule has 126 valence electrons. The molecule has 0 aliphatic rings. The molecule has 0 amide bonds. The fraction of sp³-hybridized carbons (Fsp3) is 0.684. The van der Waals surface area contributed by atoms with E-state index in [-0.39, 0.29) is 5.97 Å². The number of pyridine rings is 1. The molecule has 0 radical (unpaired) electrons. The van der Waals surface area contributed by atoms with Crippen molar-refractivity contribution >= 4 is 5.97 Å². The topological polar surface area (TPSA) is 30.2 Å². The minimum absolute atomic E-state index is 0.0898. The third-order valence-electron chi connectivity index (χ3n) is 3.66. The van der Waals surface area contributed by atoms with Crippen LogP contribution in [0.15, 0.2) is 24.5 Å². The Hall–Kier alpha value is -1.38. The summed E-state index contributed by atoms with van der Waals surface area (Å²) in [5.74, 6) is 0.430. The first-order chi connectivity index (χ1) is 10.7. The van der Waals surface area contributed by atoms with Crippen LogP contribution >= 0.6 is 0 Å². The van der Waals surface area contributed by atoms with Crippen molar-refractivity contribution in [3.63, 3.8) is 0 Å². The van der Waals surface area contributed by atoms with Crippen molar-refractivity contribution in [3.8, 4) is 0 Å². The second-order valence-corrected chi connectivity index (χ2v) is 5.46. The van der Waals surface area contributed by atoms with Gasteiger partial charge >= 0.3 is 5.97 Å². The number of hydrogen-bond acceptors (Lipinski definition) is 2. The van der Waals surface area contributed by atoms with Gasteiger partial charge in [-0.2, -0.15) is 0 Å². The van der Waals surface area contributed by atoms with Gasteiger partial charge in [0.15, 0.2) is 18.9 Å². The molecule has 3 heteroatoms. The van der Waals surface area contributed by atoms with Crippen molar-refractivity contribution in [2.45, 2.75) is 73.3 Å². The Labute approximate surface area is 136 Å². The van der Waals surface area contributed by atoms with Gasteiger partial charge in [-0.25, -0.2) is 4.57 Å². The molecule has 0 aromatic carbocycles. The van der Waals surface area contributed by atoms with E-state index in [2.05, 4.69) is 20.8 Å². The van der Waals surface area contributed by atoms with E-state index in [9.17, 15) is 4.79 Å². The van der Waals surface area contributed by atoms with E-state index in [4.69, 9.17) is 4.74 Å².